The highest BCUT2D eigenvalue weighted by molar-refractivity contribution is 8.03. The zero-order valence-corrected chi connectivity index (χ0v) is 18.6. The van der Waals surface area contributed by atoms with E-state index < -0.39 is 0 Å². The number of benzene rings is 2. The van der Waals surface area contributed by atoms with Gasteiger partial charge >= 0.3 is 0 Å². The Morgan fingerprint density at radius 3 is 2.43 bits per heavy atom. The summed E-state index contributed by atoms with van der Waals surface area (Å²) in [6, 6.07) is 19.3. The molecule has 1 saturated heterocycles. The van der Waals surface area contributed by atoms with Crippen LogP contribution >= 0.6 is 11.8 Å². The average molecular weight is 418 g/mol. The Kier molecular flexibility index (Phi) is 5.87. The lowest BCUT2D eigenvalue weighted by Crippen LogP contribution is -2.47. The summed E-state index contributed by atoms with van der Waals surface area (Å²) in [6.45, 7) is 6.97. The molecule has 0 aliphatic carbocycles. The average Bonchev–Trinajstić information content (AvgIpc) is 2.79. The highest BCUT2D eigenvalue weighted by atomic mass is 32.2. The van der Waals surface area contributed by atoms with E-state index in [1.54, 1.807) is 16.7 Å². The van der Waals surface area contributed by atoms with Crippen LogP contribution in [-0.2, 0) is 11.2 Å². The van der Waals surface area contributed by atoms with Crippen molar-refractivity contribution in [2.45, 2.75) is 45.4 Å². The zero-order chi connectivity index (χ0) is 21.3. The van der Waals surface area contributed by atoms with Gasteiger partial charge in [-0.05, 0) is 41.2 Å². The van der Waals surface area contributed by atoms with E-state index in [1.165, 1.54) is 11.1 Å². The van der Waals surface area contributed by atoms with Gasteiger partial charge in [0.25, 0.3) is 0 Å². The van der Waals surface area contributed by atoms with Gasteiger partial charge in [-0.3, -0.25) is 9.69 Å². The van der Waals surface area contributed by atoms with E-state index >= 15 is 0 Å². The molecule has 2 aromatic carbocycles. The first-order valence-corrected chi connectivity index (χ1v) is 11.5. The molecule has 1 fully saturated rings. The maximum Gasteiger partial charge on any atom is 0.229 e. The Bertz CT molecular complexity index is 1000. The maximum atomic E-state index is 13.1. The van der Waals surface area contributed by atoms with Crippen molar-refractivity contribution in [3.8, 4) is 6.07 Å². The van der Waals surface area contributed by atoms with Crippen LogP contribution in [0.4, 0.5) is 5.69 Å². The zero-order valence-electron chi connectivity index (χ0n) is 17.8. The molecule has 2 aliphatic rings. The number of carbonyl (C=O) groups excluding carboxylic acids is 1. The molecule has 0 unspecified atom stereocenters. The van der Waals surface area contributed by atoms with E-state index in [0.29, 0.717) is 19.0 Å². The van der Waals surface area contributed by atoms with Crippen molar-refractivity contribution in [1.29, 1.82) is 5.26 Å². The number of thioether (sulfide) groups is 1. The van der Waals surface area contributed by atoms with E-state index in [2.05, 4.69) is 80.3 Å². The molecule has 0 aromatic heterocycles. The van der Waals surface area contributed by atoms with Crippen LogP contribution in [0.3, 0.4) is 0 Å². The molecule has 0 saturated carbocycles. The van der Waals surface area contributed by atoms with Gasteiger partial charge in [-0.15, -0.1) is 0 Å². The topological polar surface area (TPSA) is 47.3 Å². The predicted octanol–water partition coefficient (Wildman–Crippen LogP) is 5.59. The number of anilines is 1. The van der Waals surface area contributed by atoms with Crippen molar-refractivity contribution < 1.29 is 4.79 Å². The number of rotatable bonds is 4. The fourth-order valence-electron chi connectivity index (χ4n) is 4.07. The van der Waals surface area contributed by atoms with Crippen LogP contribution in [0.5, 0.6) is 0 Å². The number of aryl methyl sites for hydroxylation is 1. The molecule has 154 valence electrons. The second-order valence-corrected chi connectivity index (χ2v) is 9.14. The third kappa shape index (κ3) is 3.85. The van der Waals surface area contributed by atoms with Gasteiger partial charge in [-0.1, -0.05) is 68.9 Å². The van der Waals surface area contributed by atoms with Gasteiger partial charge < -0.3 is 4.90 Å². The molecule has 2 heterocycles. The predicted molar refractivity (Wildman–Crippen MR) is 123 cm³/mol. The second-order valence-electron chi connectivity index (χ2n) is 8.21. The Morgan fingerprint density at radius 2 is 1.83 bits per heavy atom. The maximum absolute atomic E-state index is 13.1. The Labute approximate surface area is 183 Å². The third-order valence-corrected chi connectivity index (χ3v) is 7.16. The molecule has 5 heteroatoms. The van der Waals surface area contributed by atoms with Gasteiger partial charge in [0.15, 0.2) is 0 Å². The van der Waals surface area contributed by atoms with Crippen LogP contribution < -0.4 is 4.90 Å². The van der Waals surface area contributed by atoms with Crippen molar-refractivity contribution >= 4 is 23.4 Å². The van der Waals surface area contributed by atoms with Crippen LogP contribution in [0.2, 0.25) is 0 Å². The van der Waals surface area contributed by atoms with Crippen molar-refractivity contribution in [2.75, 3.05) is 17.4 Å². The number of hydrogen-bond acceptors (Lipinski definition) is 4. The third-order valence-electron chi connectivity index (χ3n) is 6.01. The van der Waals surface area contributed by atoms with E-state index in [4.69, 9.17) is 0 Å². The number of hydrogen-bond donors (Lipinski definition) is 0. The highest BCUT2D eigenvalue weighted by Crippen LogP contribution is 2.43. The number of carbonyl (C=O) groups is 1. The standard InChI is InChI=1S/C25H27N3OS/c1-4-18-5-11-21(12-6-18)27-15-28-24(29)13-22(23(14-26)25(28)30-16-27)20-9-7-19(8-10-20)17(2)3/h5-12,17,22H,4,13,15-16H2,1-3H3/t22-/m1/s1. The molecule has 1 amide bonds. The van der Waals surface area contributed by atoms with Gasteiger partial charge in [0.2, 0.25) is 5.91 Å². The molecule has 1 atom stereocenters. The molecule has 4 nitrogen and oxygen atoms in total. The number of nitrogens with zero attached hydrogens (tertiary/aromatic N) is 3. The smallest absolute Gasteiger partial charge is 0.229 e. The summed E-state index contributed by atoms with van der Waals surface area (Å²) in [5.41, 5.74) is 5.45. The molecule has 2 aromatic rings. The number of allylic oxidation sites excluding steroid dienone is 1. The van der Waals surface area contributed by atoms with Crippen LogP contribution in [-0.4, -0.2) is 23.4 Å². The molecular formula is C25H27N3OS. The molecule has 4 rings (SSSR count). The SMILES string of the molecule is CCc1ccc(N2CSC3=C(C#N)[C@@H](c4ccc(C(C)C)cc4)CC(=O)N3C2)cc1. The fraction of sp³-hybridized carbons (Fsp3) is 0.360. The summed E-state index contributed by atoms with van der Waals surface area (Å²) in [7, 11) is 0. The van der Waals surface area contributed by atoms with Crippen molar-refractivity contribution in [3.63, 3.8) is 0 Å². The van der Waals surface area contributed by atoms with E-state index in [-0.39, 0.29) is 11.8 Å². The lowest BCUT2D eigenvalue weighted by Gasteiger charge is -2.42. The summed E-state index contributed by atoms with van der Waals surface area (Å²) in [6.07, 6.45) is 1.36. The minimum atomic E-state index is -0.155. The van der Waals surface area contributed by atoms with E-state index in [0.717, 1.165) is 34.2 Å². The lowest BCUT2D eigenvalue weighted by atomic mass is 9.85. The van der Waals surface area contributed by atoms with Gasteiger partial charge in [0.1, 0.15) is 0 Å². The Balaban J connectivity index is 1.60. The summed E-state index contributed by atoms with van der Waals surface area (Å²) >= 11 is 1.59. The largest absolute Gasteiger partial charge is 0.344 e. The van der Waals surface area contributed by atoms with Crippen LogP contribution in [0.1, 0.15) is 55.7 Å². The molecule has 0 N–H and O–H groups in total. The molecular weight excluding hydrogens is 390 g/mol. The highest BCUT2D eigenvalue weighted by Gasteiger charge is 2.38. The minimum Gasteiger partial charge on any atom is -0.344 e. The van der Waals surface area contributed by atoms with Crippen LogP contribution in [0.15, 0.2) is 59.1 Å². The first-order valence-electron chi connectivity index (χ1n) is 10.5. The first-order chi connectivity index (χ1) is 14.5. The molecule has 2 aliphatic heterocycles. The van der Waals surface area contributed by atoms with Crippen LogP contribution in [0, 0.1) is 11.3 Å². The van der Waals surface area contributed by atoms with E-state index in [9.17, 15) is 10.1 Å². The minimum absolute atomic E-state index is 0.0873. The van der Waals surface area contributed by atoms with Gasteiger partial charge in [0, 0.05) is 18.0 Å². The fourth-order valence-corrected chi connectivity index (χ4v) is 5.23. The number of fused-ring (bicyclic) bond motifs is 1. The van der Waals surface area contributed by atoms with Crippen molar-refractivity contribution in [3.05, 3.63) is 75.8 Å². The quantitative estimate of drug-likeness (QED) is 0.650. The molecule has 0 bridgehead atoms. The first kappa shape index (κ1) is 20.6. The summed E-state index contributed by atoms with van der Waals surface area (Å²) < 4.78 is 0. The number of amides is 1. The molecule has 0 spiro atoms. The van der Waals surface area contributed by atoms with E-state index in [1.807, 2.05) is 0 Å². The van der Waals surface area contributed by atoms with Crippen LogP contribution in [0.25, 0.3) is 0 Å². The molecule has 30 heavy (non-hydrogen) atoms. The van der Waals surface area contributed by atoms with Gasteiger partial charge in [0.05, 0.1) is 29.2 Å². The monoisotopic (exact) mass is 417 g/mol. The van der Waals surface area contributed by atoms with Crippen molar-refractivity contribution in [1.82, 2.24) is 4.90 Å². The Morgan fingerprint density at radius 1 is 1.13 bits per heavy atom. The molecule has 0 radical (unpaired) electrons. The number of nitriles is 1. The lowest BCUT2D eigenvalue weighted by molar-refractivity contribution is -0.129. The van der Waals surface area contributed by atoms with Gasteiger partial charge in [-0.2, -0.15) is 5.26 Å². The second kappa shape index (κ2) is 8.57. The van der Waals surface area contributed by atoms with Gasteiger partial charge in [-0.25, -0.2) is 0 Å². The Hall–Kier alpha value is -2.71. The normalized spacial score (nSPS) is 19.2. The van der Waals surface area contributed by atoms with Crippen molar-refractivity contribution in [2.24, 2.45) is 0 Å². The summed E-state index contributed by atoms with van der Waals surface area (Å²) in [4.78, 5) is 17.1. The summed E-state index contributed by atoms with van der Waals surface area (Å²) in [5, 5.41) is 10.8. The summed E-state index contributed by atoms with van der Waals surface area (Å²) in [5.74, 6) is 1.12.